The van der Waals surface area contributed by atoms with E-state index in [1.165, 1.54) is 38.6 Å². The van der Waals surface area contributed by atoms with E-state index in [1.807, 2.05) is 7.05 Å². The first-order chi connectivity index (χ1) is 13.2. The van der Waals surface area contributed by atoms with Crippen LogP contribution in [0.4, 0.5) is 0 Å². The predicted octanol–water partition coefficient (Wildman–Crippen LogP) is 2.57. The molecule has 0 aromatic carbocycles. The maximum absolute atomic E-state index is 6.07. The van der Waals surface area contributed by atoms with Crippen molar-refractivity contribution in [3.8, 4) is 0 Å². The molecule has 0 aromatic rings. The molecule has 1 N–H and O–H groups in total. The Morgan fingerprint density at radius 1 is 1.21 bits per heavy atom. The molecule has 2 aliphatic heterocycles. The van der Waals surface area contributed by atoms with Crippen LogP contribution in [0.1, 0.15) is 45.4 Å². The van der Waals surface area contributed by atoms with Crippen LogP contribution >= 0.6 is 24.0 Å². The number of guanidine groups is 1. The lowest BCUT2D eigenvalue weighted by Gasteiger charge is -2.55. The number of nitrogens with one attached hydrogen (secondary N) is 1. The smallest absolute Gasteiger partial charge is 0.193 e. The molecule has 2 saturated carbocycles. The zero-order valence-corrected chi connectivity index (χ0v) is 20.0. The molecule has 3 unspecified atom stereocenters. The summed E-state index contributed by atoms with van der Waals surface area (Å²) in [7, 11) is 1.94. The Kier molecular flexibility index (Phi) is 8.27. The minimum Gasteiger partial charge on any atom is -0.381 e. The number of piperazine rings is 1. The van der Waals surface area contributed by atoms with Gasteiger partial charge in [0, 0.05) is 64.4 Å². The summed E-state index contributed by atoms with van der Waals surface area (Å²) in [4.78, 5) is 9.70. The summed E-state index contributed by atoms with van der Waals surface area (Å²) in [6, 6.07) is 0.531. The Bertz CT molecular complexity index is 513. The third-order valence-electron chi connectivity index (χ3n) is 7.41. The number of hydrogen-bond acceptors (Lipinski definition) is 4. The summed E-state index contributed by atoms with van der Waals surface area (Å²) in [6.07, 6.45) is 8.13. The van der Waals surface area contributed by atoms with Crippen LogP contribution in [0.5, 0.6) is 0 Å². The summed E-state index contributed by atoms with van der Waals surface area (Å²) in [5.41, 5.74) is 0.357. The topological polar surface area (TPSA) is 49.3 Å². The Balaban J connectivity index is 0.00000225. The molecule has 6 nitrogen and oxygen atoms in total. The van der Waals surface area contributed by atoms with E-state index in [0.29, 0.717) is 17.6 Å². The first-order valence-electron chi connectivity index (χ1n) is 11.1. The van der Waals surface area contributed by atoms with E-state index in [1.54, 1.807) is 0 Å². The Hall–Kier alpha value is -0.120. The highest BCUT2D eigenvalue weighted by atomic mass is 127. The van der Waals surface area contributed by atoms with Crippen LogP contribution in [0.15, 0.2) is 4.99 Å². The standard InChI is InChI=1S/C21H38N4O2.HI/c1-3-27-19-14-18(21(19)7-4-5-8-21)23-20(22-2)25-11-9-24(10-12-25)15-17-6-13-26-16-17;/h17-19H,3-16H2,1-2H3,(H,22,23);1H. The fourth-order valence-electron chi connectivity index (χ4n) is 5.78. The van der Waals surface area contributed by atoms with Gasteiger partial charge in [0.05, 0.1) is 12.7 Å². The van der Waals surface area contributed by atoms with Gasteiger partial charge in [0.25, 0.3) is 0 Å². The molecule has 2 aliphatic carbocycles. The van der Waals surface area contributed by atoms with Gasteiger partial charge in [-0.1, -0.05) is 12.8 Å². The van der Waals surface area contributed by atoms with Gasteiger partial charge in [0.2, 0.25) is 0 Å². The van der Waals surface area contributed by atoms with Gasteiger partial charge < -0.3 is 19.7 Å². The van der Waals surface area contributed by atoms with Crippen molar-refractivity contribution in [1.82, 2.24) is 15.1 Å². The summed E-state index contributed by atoms with van der Waals surface area (Å²) in [5.74, 6) is 1.84. The third kappa shape index (κ3) is 4.62. The van der Waals surface area contributed by atoms with E-state index in [4.69, 9.17) is 9.47 Å². The summed E-state index contributed by atoms with van der Waals surface area (Å²) < 4.78 is 11.6. The van der Waals surface area contributed by atoms with Gasteiger partial charge in [0.15, 0.2) is 5.96 Å². The molecule has 4 fully saturated rings. The fraction of sp³-hybridized carbons (Fsp3) is 0.952. The van der Waals surface area contributed by atoms with Gasteiger partial charge in [-0.25, -0.2) is 0 Å². The third-order valence-corrected chi connectivity index (χ3v) is 7.41. The monoisotopic (exact) mass is 506 g/mol. The molecule has 1 spiro atoms. The fourth-order valence-corrected chi connectivity index (χ4v) is 5.78. The van der Waals surface area contributed by atoms with Crippen molar-refractivity contribution < 1.29 is 9.47 Å². The van der Waals surface area contributed by atoms with Gasteiger partial charge >= 0.3 is 0 Å². The van der Waals surface area contributed by atoms with Crippen molar-refractivity contribution in [1.29, 1.82) is 0 Å². The Labute approximate surface area is 187 Å². The second-order valence-corrected chi connectivity index (χ2v) is 8.88. The Morgan fingerprint density at radius 2 is 1.96 bits per heavy atom. The zero-order valence-electron chi connectivity index (χ0n) is 17.7. The second-order valence-electron chi connectivity index (χ2n) is 8.88. The van der Waals surface area contributed by atoms with Crippen LogP contribution < -0.4 is 5.32 Å². The van der Waals surface area contributed by atoms with Gasteiger partial charge in [-0.05, 0) is 38.5 Å². The molecule has 4 aliphatic rings. The second kappa shape index (κ2) is 10.3. The minimum absolute atomic E-state index is 0. The average Bonchev–Trinajstić information content (AvgIpc) is 3.38. The molecule has 0 amide bonds. The molecule has 3 atom stereocenters. The molecule has 162 valence electrons. The molecule has 2 heterocycles. The molecule has 0 radical (unpaired) electrons. The lowest BCUT2D eigenvalue weighted by atomic mass is 9.60. The summed E-state index contributed by atoms with van der Waals surface area (Å²) in [5, 5.41) is 3.84. The first kappa shape index (κ1) is 22.6. The Morgan fingerprint density at radius 3 is 2.57 bits per heavy atom. The van der Waals surface area contributed by atoms with Crippen LogP contribution in [-0.2, 0) is 9.47 Å². The summed E-state index contributed by atoms with van der Waals surface area (Å²) in [6.45, 7) is 10.5. The number of aliphatic imine (C=N–C) groups is 1. The molecule has 0 aromatic heterocycles. The zero-order chi connectivity index (χ0) is 18.7. The number of nitrogens with zero attached hydrogens (tertiary/aromatic N) is 3. The quantitative estimate of drug-likeness (QED) is 0.353. The molecular formula is C21H39IN4O2. The maximum Gasteiger partial charge on any atom is 0.193 e. The molecule has 2 saturated heterocycles. The van der Waals surface area contributed by atoms with Gasteiger partial charge in [-0.2, -0.15) is 0 Å². The largest absolute Gasteiger partial charge is 0.381 e. The maximum atomic E-state index is 6.07. The molecule has 28 heavy (non-hydrogen) atoms. The van der Waals surface area contributed by atoms with Crippen LogP contribution in [0.2, 0.25) is 0 Å². The van der Waals surface area contributed by atoms with Crippen molar-refractivity contribution in [2.24, 2.45) is 16.3 Å². The van der Waals surface area contributed by atoms with E-state index in [-0.39, 0.29) is 24.0 Å². The number of ether oxygens (including phenoxy) is 2. The lowest BCUT2D eigenvalue weighted by Crippen LogP contribution is -2.66. The summed E-state index contributed by atoms with van der Waals surface area (Å²) >= 11 is 0. The minimum atomic E-state index is 0. The average molecular weight is 506 g/mol. The first-order valence-corrected chi connectivity index (χ1v) is 11.1. The predicted molar refractivity (Wildman–Crippen MR) is 124 cm³/mol. The normalized spacial score (nSPS) is 33.0. The van der Waals surface area contributed by atoms with Crippen molar-refractivity contribution in [2.75, 3.05) is 59.6 Å². The van der Waals surface area contributed by atoms with Crippen LogP contribution in [0, 0.1) is 11.3 Å². The van der Waals surface area contributed by atoms with Crippen molar-refractivity contribution in [2.45, 2.75) is 57.6 Å². The molecular weight excluding hydrogens is 467 g/mol. The van der Waals surface area contributed by atoms with E-state index in [2.05, 4.69) is 27.0 Å². The van der Waals surface area contributed by atoms with Gasteiger partial charge in [-0.3, -0.25) is 9.89 Å². The SMILES string of the molecule is CCOC1CC(NC(=NC)N2CCN(CC3CCOC3)CC2)C12CCCC2.I. The molecule has 4 rings (SSSR count). The highest BCUT2D eigenvalue weighted by Gasteiger charge is 2.57. The van der Waals surface area contributed by atoms with Gasteiger partial charge in [-0.15, -0.1) is 24.0 Å². The number of rotatable bonds is 5. The van der Waals surface area contributed by atoms with E-state index >= 15 is 0 Å². The van der Waals surface area contributed by atoms with Gasteiger partial charge in [0.1, 0.15) is 0 Å². The van der Waals surface area contributed by atoms with Crippen molar-refractivity contribution in [3.63, 3.8) is 0 Å². The van der Waals surface area contributed by atoms with Crippen LogP contribution in [0.3, 0.4) is 0 Å². The van der Waals surface area contributed by atoms with E-state index < -0.39 is 0 Å². The van der Waals surface area contributed by atoms with Crippen LogP contribution in [0.25, 0.3) is 0 Å². The molecule has 7 heteroatoms. The van der Waals surface area contributed by atoms with E-state index in [0.717, 1.165) is 64.3 Å². The highest BCUT2D eigenvalue weighted by molar-refractivity contribution is 14.0. The number of halogens is 1. The van der Waals surface area contributed by atoms with E-state index in [9.17, 15) is 0 Å². The van der Waals surface area contributed by atoms with Crippen molar-refractivity contribution >= 4 is 29.9 Å². The molecule has 0 bridgehead atoms. The highest BCUT2D eigenvalue weighted by Crippen LogP contribution is 2.54. The van der Waals surface area contributed by atoms with Crippen molar-refractivity contribution in [3.05, 3.63) is 0 Å². The van der Waals surface area contributed by atoms with Crippen LogP contribution in [-0.4, -0.2) is 87.5 Å². The number of hydrogen-bond donors (Lipinski definition) is 1. The lowest BCUT2D eigenvalue weighted by molar-refractivity contribution is -0.126.